The highest BCUT2D eigenvalue weighted by atomic mass is 32.1. The van der Waals surface area contributed by atoms with Crippen molar-refractivity contribution in [3.63, 3.8) is 0 Å². The van der Waals surface area contributed by atoms with Crippen LogP contribution in [0.1, 0.15) is 0 Å². The number of hydrogen-bond donors (Lipinski definition) is 1. The third kappa shape index (κ3) is 2.93. The summed E-state index contributed by atoms with van der Waals surface area (Å²) in [6.45, 7) is 0. The van der Waals surface area contributed by atoms with Crippen LogP contribution in [0.15, 0.2) is 81.3 Å². The van der Waals surface area contributed by atoms with E-state index in [4.69, 9.17) is 4.42 Å². The summed E-state index contributed by atoms with van der Waals surface area (Å²) in [6, 6.07) is 19.6. The molecule has 0 saturated carbocycles. The molecule has 0 unspecified atom stereocenters. The molecule has 0 bridgehead atoms. The highest BCUT2D eigenvalue weighted by Crippen LogP contribution is 2.30. The third-order valence-corrected chi connectivity index (χ3v) is 5.28. The van der Waals surface area contributed by atoms with Crippen molar-refractivity contribution in [3.8, 4) is 11.3 Å². The first-order valence-electron chi connectivity index (χ1n) is 8.61. The average molecular weight is 388 g/mol. The summed E-state index contributed by atoms with van der Waals surface area (Å²) in [6.07, 6.45) is 0. The van der Waals surface area contributed by atoms with Gasteiger partial charge in [0.15, 0.2) is 5.13 Å². The van der Waals surface area contributed by atoms with Gasteiger partial charge in [0, 0.05) is 16.5 Å². The Morgan fingerprint density at radius 3 is 2.64 bits per heavy atom. The second-order valence-electron chi connectivity index (χ2n) is 6.32. The van der Waals surface area contributed by atoms with Gasteiger partial charge >= 0.3 is 5.63 Å². The molecule has 3 aromatic carbocycles. The van der Waals surface area contributed by atoms with Crippen LogP contribution in [0.3, 0.4) is 0 Å². The van der Waals surface area contributed by atoms with E-state index in [9.17, 15) is 9.18 Å². The number of thiazole rings is 1. The molecule has 0 atom stereocenters. The molecule has 0 saturated heterocycles. The van der Waals surface area contributed by atoms with E-state index in [0.29, 0.717) is 22.0 Å². The van der Waals surface area contributed by atoms with Gasteiger partial charge in [-0.1, -0.05) is 30.3 Å². The van der Waals surface area contributed by atoms with E-state index < -0.39 is 5.63 Å². The number of nitrogens with zero attached hydrogens (tertiary/aromatic N) is 1. The molecule has 136 valence electrons. The van der Waals surface area contributed by atoms with Gasteiger partial charge in [0.05, 0.1) is 11.3 Å². The maximum absolute atomic E-state index is 13.0. The molecular weight excluding hydrogens is 375 g/mol. The molecule has 4 nitrogen and oxygen atoms in total. The Morgan fingerprint density at radius 2 is 1.79 bits per heavy atom. The second-order valence-corrected chi connectivity index (χ2v) is 7.17. The Bertz CT molecular complexity index is 1370. The van der Waals surface area contributed by atoms with Gasteiger partial charge in [0.2, 0.25) is 0 Å². The van der Waals surface area contributed by atoms with Crippen LogP contribution in [-0.4, -0.2) is 4.98 Å². The van der Waals surface area contributed by atoms with Crippen molar-refractivity contribution < 1.29 is 8.81 Å². The van der Waals surface area contributed by atoms with Crippen molar-refractivity contribution in [1.82, 2.24) is 4.98 Å². The molecule has 5 aromatic rings. The van der Waals surface area contributed by atoms with E-state index in [1.807, 2.05) is 42.5 Å². The summed E-state index contributed by atoms with van der Waals surface area (Å²) in [5, 5.41) is 8.49. The van der Waals surface area contributed by atoms with Crippen LogP contribution in [0, 0.1) is 5.82 Å². The van der Waals surface area contributed by atoms with Crippen molar-refractivity contribution in [1.29, 1.82) is 0 Å². The molecule has 0 radical (unpaired) electrons. The molecule has 0 spiro atoms. The van der Waals surface area contributed by atoms with E-state index in [0.717, 1.165) is 21.8 Å². The lowest BCUT2D eigenvalue weighted by Gasteiger charge is -2.04. The number of halogens is 1. The Hall–Kier alpha value is -3.51. The van der Waals surface area contributed by atoms with Crippen LogP contribution in [0.25, 0.3) is 33.0 Å². The summed E-state index contributed by atoms with van der Waals surface area (Å²) in [7, 11) is 0. The molecule has 2 heterocycles. The van der Waals surface area contributed by atoms with Crippen LogP contribution >= 0.6 is 11.3 Å². The Labute approximate surface area is 162 Å². The molecule has 0 amide bonds. The van der Waals surface area contributed by atoms with E-state index in [2.05, 4.69) is 10.3 Å². The lowest BCUT2D eigenvalue weighted by molar-refractivity contribution is 0.563. The topological polar surface area (TPSA) is 55.1 Å². The van der Waals surface area contributed by atoms with Gasteiger partial charge in [0.1, 0.15) is 11.4 Å². The Balaban J connectivity index is 1.58. The molecular formula is C22H13FN2O2S. The zero-order valence-electron chi connectivity index (χ0n) is 14.5. The van der Waals surface area contributed by atoms with Crippen molar-refractivity contribution in [2.75, 3.05) is 5.32 Å². The number of anilines is 2. The quantitative estimate of drug-likeness (QED) is 0.306. The predicted octanol–water partition coefficient (Wildman–Crippen LogP) is 5.95. The Morgan fingerprint density at radius 1 is 0.964 bits per heavy atom. The first-order valence-corrected chi connectivity index (χ1v) is 9.49. The van der Waals surface area contributed by atoms with Gasteiger partial charge in [-0.3, -0.25) is 0 Å². The minimum atomic E-state index is -0.429. The maximum Gasteiger partial charge on any atom is 0.345 e. The maximum atomic E-state index is 13.0. The fourth-order valence-electron chi connectivity index (χ4n) is 3.16. The van der Waals surface area contributed by atoms with Gasteiger partial charge in [-0.05, 0) is 47.2 Å². The minimum absolute atomic E-state index is 0.300. The molecule has 0 aliphatic heterocycles. The van der Waals surface area contributed by atoms with Crippen LogP contribution in [0.2, 0.25) is 0 Å². The average Bonchev–Trinajstić information content (AvgIpc) is 3.17. The molecule has 0 aliphatic carbocycles. The minimum Gasteiger partial charge on any atom is -0.422 e. The summed E-state index contributed by atoms with van der Waals surface area (Å²) < 4.78 is 18.6. The van der Waals surface area contributed by atoms with E-state index in [1.165, 1.54) is 23.5 Å². The number of fused-ring (bicyclic) bond motifs is 3. The van der Waals surface area contributed by atoms with Crippen molar-refractivity contribution in [3.05, 3.63) is 88.3 Å². The summed E-state index contributed by atoms with van der Waals surface area (Å²) in [5.74, 6) is -0.300. The summed E-state index contributed by atoms with van der Waals surface area (Å²) in [4.78, 5) is 17.0. The van der Waals surface area contributed by atoms with Gasteiger partial charge < -0.3 is 9.73 Å². The van der Waals surface area contributed by atoms with Crippen molar-refractivity contribution >= 4 is 43.9 Å². The molecule has 0 aliphatic rings. The van der Waals surface area contributed by atoms with Gasteiger partial charge in [-0.15, -0.1) is 11.3 Å². The molecule has 1 N–H and O–H groups in total. The number of hydrogen-bond acceptors (Lipinski definition) is 5. The van der Waals surface area contributed by atoms with Gasteiger partial charge in [0.25, 0.3) is 0 Å². The first kappa shape index (κ1) is 16.6. The largest absolute Gasteiger partial charge is 0.422 e. The molecule has 6 heteroatoms. The molecule has 5 rings (SSSR count). The van der Waals surface area contributed by atoms with Gasteiger partial charge in [-0.25, -0.2) is 14.2 Å². The fraction of sp³-hybridized carbons (Fsp3) is 0. The van der Waals surface area contributed by atoms with Crippen LogP contribution < -0.4 is 10.9 Å². The molecule has 28 heavy (non-hydrogen) atoms. The second kappa shape index (κ2) is 6.58. The SMILES string of the molecule is O=c1oc2ccc3ccccc3c2cc1-c1csc(Nc2ccc(F)cc2)n1. The number of nitrogens with one attached hydrogen (secondary N) is 1. The highest BCUT2D eigenvalue weighted by Gasteiger charge is 2.13. The zero-order valence-corrected chi connectivity index (χ0v) is 15.3. The highest BCUT2D eigenvalue weighted by molar-refractivity contribution is 7.14. The standard InChI is InChI=1S/C22H13FN2O2S/c23-14-6-8-15(9-7-14)24-22-25-19(12-28-22)18-11-17-16-4-2-1-3-13(16)5-10-20(17)27-21(18)26/h1-12H,(H,24,25). The van der Waals surface area contributed by atoms with Crippen molar-refractivity contribution in [2.45, 2.75) is 0 Å². The monoisotopic (exact) mass is 388 g/mol. The lowest BCUT2D eigenvalue weighted by Crippen LogP contribution is -2.03. The number of aromatic nitrogens is 1. The van der Waals surface area contributed by atoms with E-state index in [1.54, 1.807) is 17.5 Å². The van der Waals surface area contributed by atoms with Gasteiger partial charge in [-0.2, -0.15) is 0 Å². The summed E-state index contributed by atoms with van der Waals surface area (Å²) in [5.41, 5.74) is 1.79. The van der Waals surface area contributed by atoms with E-state index in [-0.39, 0.29) is 5.82 Å². The number of benzene rings is 3. The number of rotatable bonds is 3. The Kier molecular flexibility index (Phi) is 3.91. The van der Waals surface area contributed by atoms with Crippen LogP contribution in [0.5, 0.6) is 0 Å². The van der Waals surface area contributed by atoms with Crippen LogP contribution in [0.4, 0.5) is 15.2 Å². The first-order chi connectivity index (χ1) is 13.7. The van der Waals surface area contributed by atoms with Crippen LogP contribution in [-0.2, 0) is 0 Å². The van der Waals surface area contributed by atoms with E-state index >= 15 is 0 Å². The predicted molar refractivity (Wildman–Crippen MR) is 111 cm³/mol. The molecule has 2 aromatic heterocycles. The third-order valence-electron chi connectivity index (χ3n) is 4.52. The molecule has 0 fully saturated rings. The summed E-state index contributed by atoms with van der Waals surface area (Å²) >= 11 is 1.36. The van der Waals surface area contributed by atoms with Crippen molar-refractivity contribution in [2.24, 2.45) is 0 Å². The fourth-order valence-corrected chi connectivity index (χ4v) is 3.89. The smallest absolute Gasteiger partial charge is 0.345 e. The lowest BCUT2D eigenvalue weighted by atomic mass is 10.0. The zero-order chi connectivity index (χ0) is 19.1. The normalized spacial score (nSPS) is 11.2.